The van der Waals surface area contributed by atoms with E-state index in [1.807, 2.05) is 0 Å². The fourth-order valence-corrected chi connectivity index (χ4v) is 3.88. The summed E-state index contributed by atoms with van der Waals surface area (Å²) in [5.74, 6) is 0.202. The van der Waals surface area contributed by atoms with Crippen LogP contribution in [-0.2, 0) is 5.54 Å². The third-order valence-electron chi connectivity index (χ3n) is 4.96. The molecule has 1 heterocycles. The summed E-state index contributed by atoms with van der Waals surface area (Å²) in [4.78, 5) is 2.49. The van der Waals surface area contributed by atoms with E-state index in [9.17, 15) is 5.21 Å². The largest absolute Gasteiger partial charge is 0.411 e. The van der Waals surface area contributed by atoms with E-state index >= 15 is 0 Å². The van der Waals surface area contributed by atoms with Gasteiger partial charge in [-0.15, -0.1) is 0 Å². The summed E-state index contributed by atoms with van der Waals surface area (Å²) in [6.45, 7) is 6.55. The van der Waals surface area contributed by atoms with Crippen molar-refractivity contribution in [2.45, 2.75) is 44.6 Å². The van der Waals surface area contributed by atoms with E-state index in [1.54, 1.807) is 0 Å². The van der Waals surface area contributed by atoms with Crippen LogP contribution >= 0.6 is 0 Å². The third kappa shape index (κ3) is 1.71. The molecule has 0 radical (unpaired) electrons. The van der Waals surface area contributed by atoms with Crippen LogP contribution in [0.3, 0.4) is 0 Å². The Labute approximate surface area is 114 Å². The van der Waals surface area contributed by atoms with Crippen LogP contribution in [0.2, 0.25) is 0 Å². The lowest BCUT2D eigenvalue weighted by atomic mass is 9.88. The third-order valence-corrected chi connectivity index (χ3v) is 4.96. The molecule has 1 aliphatic heterocycles. The molecule has 3 heteroatoms. The van der Waals surface area contributed by atoms with Crippen molar-refractivity contribution in [1.82, 2.24) is 4.90 Å². The molecule has 1 N–H and O–H groups in total. The second-order valence-electron chi connectivity index (χ2n) is 5.91. The van der Waals surface area contributed by atoms with E-state index in [0.717, 1.165) is 18.8 Å². The number of likely N-dealkylation sites (tertiary alicyclic amines) is 1. The number of hydrogen-bond donors (Lipinski definition) is 1. The number of piperidine rings is 1. The van der Waals surface area contributed by atoms with Crippen molar-refractivity contribution < 1.29 is 5.21 Å². The topological polar surface area (TPSA) is 35.8 Å². The highest BCUT2D eigenvalue weighted by atomic mass is 16.4. The molecule has 0 amide bonds. The number of nitrogens with zero attached hydrogens (tertiary/aromatic N) is 2. The van der Waals surface area contributed by atoms with Crippen molar-refractivity contribution in [2.75, 3.05) is 13.1 Å². The molecule has 1 saturated heterocycles. The van der Waals surface area contributed by atoms with Crippen LogP contribution in [0.4, 0.5) is 0 Å². The van der Waals surface area contributed by atoms with Gasteiger partial charge in [0.05, 0.1) is 11.3 Å². The zero-order chi connectivity index (χ0) is 13.5. The molecule has 1 aromatic rings. The number of rotatable bonds is 1. The summed E-state index contributed by atoms with van der Waals surface area (Å²) in [6, 6.07) is 8.53. The molecule has 1 fully saturated rings. The molecular formula is C16H22N2O. The first-order chi connectivity index (χ1) is 9.19. The van der Waals surface area contributed by atoms with E-state index in [-0.39, 0.29) is 11.5 Å². The quantitative estimate of drug-likeness (QED) is 0.619. The van der Waals surface area contributed by atoms with Crippen molar-refractivity contribution in [3.8, 4) is 0 Å². The van der Waals surface area contributed by atoms with Gasteiger partial charge in [0.2, 0.25) is 0 Å². The second kappa shape index (κ2) is 4.64. The minimum Gasteiger partial charge on any atom is -0.411 e. The SMILES string of the molecule is CC1C(=NO)C(C)(N2CCCCC2)c2ccccc21. The highest BCUT2D eigenvalue weighted by Gasteiger charge is 2.48. The van der Waals surface area contributed by atoms with E-state index in [2.05, 4.69) is 48.2 Å². The maximum absolute atomic E-state index is 9.54. The lowest BCUT2D eigenvalue weighted by Gasteiger charge is -2.41. The van der Waals surface area contributed by atoms with Gasteiger partial charge in [-0.05, 0) is 44.0 Å². The Kier molecular flexibility index (Phi) is 3.09. The molecule has 19 heavy (non-hydrogen) atoms. The van der Waals surface area contributed by atoms with E-state index in [4.69, 9.17) is 0 Å². The van der Waals surface area contributed by atoms with Crippen LogP contribution in [0.25, 0.3) is 0 Å². The van der Waals surface area contributed by atoms with Crippen LogP contribution in [0.5, 0.6) is 0 Å². The van der Waals surface area contributed by atoms with Gasteiger partial charge in [0.15, 0.2) is 0 Å². The van der Waals surface area contributed by atoms with Gasteiger partial charge in [-0.1, -0.05) is 42.8 Å². The molecule has 0 saturated carbocycles. The molecule has 2 aliphatic rings. The van der Waals surface area contributed by atoms with Crippen molar-refractivity contribution in [1.29, 1.82) is 0 Å². The lowest BCUT2D eigenvalue weighted by Crippen LogP contribution is -2.50. The van der Waals surface area contributed by atoms with Crippen molar-refractivity contribution >= 4 is 5.71 Å². The van der Waals surface area contributed by atoms with Crippen molar-refractivity contribution in [2.24, 2.45) is 5.16 Å². The predicted molar refractivity (Wildman–Crippen MR) is 76.9 cm³/mol. The summed E-state index contributed by atoms with van der Waals surface area (Å²) < 4.78 is 0. The Morgan fingerprint density at radius 1 is 1.21 bits per heavy atom. The minimum absolute atomic E-state index is 0.202. The summed E-state index contributed by atoms with van der Waals surface area (Å²) >= 11 is 0. The molecule has 0 spiro atoms. The average Bonchev–Trinajstić information content (AvgIpc) is 2.70. The first kappa shape index (κ1) is 12.7. The second-order valence-corrected chi connectivity index (χ2v) is 5.91. The number of oxime groups is 1. The van der Waals surface area contributed by atoms with Gasteiger partial charge in [0.25, 0.3) is 0 Å². The Hall–Kier alpha value is -1.35. The molecule has 2 unspecified atom stereocenters. The van der Waals surface area contributed by atoms with Gasteiger partial charge in [0.1, 0.15) is 0 Å². The van der Waals surface area contributed by atoms with Gasteiger partial charge >= 0.3 is 0 Å². The molecule has 102 valence electrons. The monoisotopic (exact) mass is 258 g/mol. The first-order valence-electron chi connectivity index (χ1n) is 7.26. The predicted octanol–water partition coefficient (Wildman–Crippen LogP) is 3.34. The highest BCUT2D eigenvalue weighted by molar-refractivity contribution is 6.03. The zero-order valence-electron chi connectivity index (χ0n) is 11.8. The summed E-state index contributed by atoms with van der Waals surface area (Å²) in [5.41, 5.74) is 3.29. The maximum Gasteiger partial charge on any atom is 0.0887 e. The van der Waals surface area contributed by atoms with Crippen LogP contribution in [0, 0.1) is 0 Å². The molecule has 2 atom stereocenters. The summed E-state index contributed by atoms with van der Waals surface area (Å²) in [7, 11) is 0. The van der Waals surface area contributed by atoms with E-state index in [1.165, 1.54) is 30.4 Å². The molecule has 0 aromatic heterocycles. The molecule has 3 nitrogen and oxygen atoms in total. The van der Waals surface area contributed by atoms with E-state index in [0.29, 0.717) is 0 Å². The van der Waals surface area contributed by atoms with Crippen LogP contribution in [0.1, 0.15) is 50.2 Å². The maximum atomic E-state index is 9.54. The molecular weight excluding hydrogens is 236 g/mol. The Morgan fingerprint density at radius 2 is 1.89 bits per heavy atom. The highest BCUT2D eigenvalue weighted by Crippen LogP contribution is 2.46. The van der Waals surface area contributed by atoms with Gasteiger partial charge in [-0.2, -0.15) is 0 Å². The Bertz CT molecular complexity index is 505. The molecule has 1 aliphatic carbocycles. The first-order valence-corrected chi connectivity index (χ1v) is 7.26. The molecule has 3 rings (SSSR count). The van der Waals surface area contributed by atoms with Gasteiger partial charge < -0.3 is 5.21 Å². The average molecular weight is 258 g/mol. The van der Waals surface area contributed by atoms with Crippen LogP contribution < -0.4 is 0 Å². The van der Waals surface area contributed by atoms with Crippen molar-refractivity contribution in [3.05, 3.63) is 35.4 Å². The van der Waals surface area contributed by atoms with Gasteiger partial charge in [-0.25, -0.2) is 0 Å². The summed E-state index contributed by atoms with van der Waals surface area (Å²) in [5, 5.41) is 13.2. The minimum atomic E-state index is -0.231. The Morgan fingerprint density at radius 3 is 2.58 bits per heavy atom. The number of benzene rings is 1. The van der Waals surface area contributed by atoms with Gasteiger partial charge in [0, 0.05) is 5.92 Å². The number of fused-ring (bicyclic) bond motifs is 1. The lowest BCUT2D eigenvalue weighted by molar-refractivity contribution is 0.130. The zero-order valence-corrected chi connectivity index (χ0v) is 11.8. The fourth-order valence-electron chi connectivity index (χ4n) is 3.88. The standard InChI is InChI=1S/C16H22N2O/c1-12-13-8-4-5-9-14(13)16(2,15(12)17-19)18-10-6-3-7-11-18/h4-5,8-9,12,19H,3,6-7,10-11H2,1-2H3. The molecule has 1 aromatic carbocycles. The van der Waals surface area contributed by atoms with Crippen LogP contribution in [0.15, 0.2) is 29.4 Å². The number of hydrogen-bond acceptors (Lipinski definition) is 3. The fraction of sp³-hybridized carbons (Fsp3) is 0.562. The normalized spacial score (nSPS) is 33.6. The molecule has 0 bridgehead atoms. The van der Waals surface area contributed by atoms with Crippen molar-refractivity contribution in [3.63, 3.8) is 0 Å². The van der Waals surface area contributed by atoms with E-state index < -0.39 is 0 Å². The smallest absolute Gasteiger partial charge is 0.0887 e. The Balaban J connectivity index is 2.11. The van der Waals surface area contributed by atoms with Crippen LogP contribution in [-0.4, -0.2) is 28.9 Å². The van der Waals surface area contributed by atoms with Gasteiger partial charge in [-0.3, -0.25) is 4.90 Å². The summed E-state index contributed by atoms with van der Waals surface area (Å²) in [6.07, 6.45) is 3.80.